The lowest BCUT2D eigenvalue weighted by Crippen LogP contribution is -2.04. The Bertz CT molecular complexity index is 599. The van der Waals surface area contributed by atoms with Gasteiger partial charge in [-0.25, -0.2) is 0 Å². The Kier molecular flexibility index (Phi) is 4.71. The highest BCUT2D eigenvalue weighted by Gasteiger charge is 2.16. The van der Waals surface area contributed by atoms with Gasteiger partial charge in [0.15, 0.2) is 0 Å². The lowest BCUT2D eigenvalue weighted by molar-refractivity contribution is 0.218. The highest BCUT2D eigenvalue weighted by Crippen LogP contribution is 2.31. The Balaban J connectivity index is 2.43. The van der Waals surface area contributed by atoms with Gasteiger partial charge in [0.1, 0.15) is 11.9 Å². The number of methoxy groups -OCH3 is 1. The van der Waals surface area contributed by atoms with Crippen molar-refractivity contribution >= 4 is 34.2 Å². The molecule has 0 fully saturated rings. The Morgan fingerprint density at radius 2 is 1.89 bits per heavy atom. The molecule has 100 valence electrons. The fraction of sp³-hybridized carbons (Fsp3) is 0.200. The summed E-state index contributed by atoms with van der Waals surface area (Å²) in [5.41, 5.74) is 2.67. The number of rotatable bonds is 3. The molecule has 1 atom stereocenters. The molecule has 2 rings (SSSR count). The molecule has 0 spiro atoms. The molecule has 0 aromatic heterocycles. The molecule has 0 aliphatic carbocycles. The van der Waals surface area contributed by atoms with Gasteiger partial charge in [0.2, 0.25) is 0 Å². The van der Waals surface area contributed by atoms with Crippen molar-refractivity contribution < 1.29 is 9.84 Å². The van der Waals surface area contributed by atoms with Gasteiger partial charge in [0.25, 0.3) is 0 Å². The van der Waals surface area contributed by atoms with E-state index in [9.17, 15) is 5.11 Å². The number of aryl methyl sites for hydroxylation is 1. The van der Waals surface area contributed by atoms with Crippen molar-refractivity contribution in [3.05, 3.63) is 61.7 Å². The van der Waals surface area contributed by atoms with E-state index in [1.54, 1.807) is 13.2 Å². The van der Waals surface area contributed by atoms with Gasteiger partial charge in [0.05, 0.1) is 7.11 Å². The molecule has 0 aliphatic heterocycles. The van der Waals surface area contributed by atoms with Crippen molar-refractivity contribution in [3.8, 4) is 5.75 Å². The van der Waals surface area contributed by atoms with Gasteiger partial charge in [-0.2, -0.15) is 0 Å². The van der Waals surface area contributed by atoms with Crippen molar-refractivity contribution in [1.82, 2.24) is 0 Å². The van der Waals surface area contributed by atoms with Crippen LogP contribution in [0.2, 0.25) is 5.02 Å². The van der Waals surface area contributed by atoms with Gasteiger partial charge in [-0.1, -0.05) is 17.7 Å². The van der Waals surface area contributed by atoms with E-state index in [4.69, 9.17) is 16.3 Å². The molecule has 0 heterocycles. The molecular formula is C15H14ClIO2. The maximum Gasteiger partial charge on any atom is 0.119 e. The molecule has 0 radical (unpaired) electrons. The first-order valence-corrected chi connectivity index (χ1v) is 7.26. The van der Waals surface area contributed by atoms with E-state index in [2.05, 4.69) is 22.6 Å². The molecular weight excluding hydrogens is 375 g/mol. The van der Waals surface area contributed by atoms with Crippen molar-refractivity contribution in [1.29, 1.82) is 0 Å². The van der Waals surface area contributed by atoms with E-state index >= 15 is 0 Å². The number of benzene rings is 2. The predicted molar refractivity (Wildman–Crippen MR) is 86.0 cm³/mol. The first kappa shape index (κ1) is 14.6. The van der Waals surface area contributed by atoms with Crippen molar-refractivity contribution in [3.63, 3.8) is 0 Å². The minimum absolute atomic E-state index is 0.626. The molecule has 0 bridgehead atoms. The second-order valence-electron chi connectivity index (χ2n) is 4.29. The summed E-state index contributed by atoms with van der Waals surface area (Å²) in [6.07, 6.45) is -0.684. The highest BCUT2D eigenvalue weighted by molar-refractivity contribution is 14.1. The van der Waals surface area contributed by atoms with E-state index in [1.807, 2.05) is 37.3 Å². The smallest absolute Gasteiger partial charge is 0.119 e. The molecule has 0 aliphatic rings. The van der Waals surface area contributed by atoms with Crippen LogP contribution in [-0.2, 0) is 0 Å². The number of hydrogen-bond donors (Lipinski definition) is 1. The van der Waals surface area contributed by atoms with Gasteiger partial charge in [-0.3, -0.25) is 0 Å². The Morgan fingerprint density at radius 3 is 2.53 bits per heavy atom. The van der Waals surface area contributed by atoms with Gasteiger partial charge >= 0.3 is 0 Å². The second-order valence-corrected chi connectivity index (χ2v) is 5.89. The van der Waals surface area contributed by atoms with E-state index in [0.717, 1.165) is 26.0 Å². The molecule has 1 N–H and O–H groups in total. The van der Waals surface area contributed by atoms with Crippen LogP contribution in [0.15, 0.2) is 36.4 Å². The van der Waals surface area contributed by atoms with Crippen LogP contribution in [0, 0.1) is 10.5 Å². The summed E-state index contributed by atoms with van der Waals surface area (Å²) in [6, 6.07) is 11.2. The normalized spacial score (nSPS) is 12.3. The van der Waals surface area contributed by atoms with E-state index in [0.29, 0.717) is 5.02 Å². The van der Waals surface area contributed by atoms with Gasteiger partial charge < -0.3 is 9.84 Å². The summed E-state index contributed by atoms with van der Waals surface area (Å²) in [7, 11) is 1.63. The minimum atomic E-state index is -0.684. The monoisotopic (exact) mass is 388 g/mol. The number of ether oxygens (including phenoxy) is 1. The first-order valence-electron chi connectivity index (χ1n) is 5.80. The zero-order chi connectivity index (χ0) is 14.0. The molecule has 0 saturated heterocycles. The summed E-state index contributed by atoms with van der Waals surface area (Å²) in [5.74, 6) is 0.786. The quantitative estimate of drug-likeness (QED) is 0.793. The molecule has 19 heavy (non-hydrogen) atoms. The number of aliphatic hydroxyl groups is 1. The highest BCUT2D eigenvalue weighted by atomic mass is 127. The van der Waals surface area contributed by atoms with Crippen molar-refractivity contribution in [2.45, 2.75) is 13.0 Å². The SMILES string of the molecule is COc1ccc(C(O)c2cc(Cl)ccc2I)c(C)c1. The van der Waals surface area contributed by atoms with Gasteiger partial charge in [0, 0.05) is 8.59 Å². The number of halogens is 2. The Hall–Kier alpha value is -0.780. The van der Waals surface area contributed by atoms with Crippen LogP contribution in [0.1, 0.15) is 22.8 Å². The Labute approximate surface area is 131 Å². The molecule has 4 heteroatoms. The van der Waals surface area contributed by atoms with Gasteiger partial charge in [-0.15, -0.1) is 0 Å². The van der Waals surface area contributed by atoms with Crippen molar-refractivity contribution in [2.75, 3.05) is 7.11 Å². The molecule has 2 aromatic rings. The molecule has 0 amide bonds. The van der Waals surface area contributed by atoms with E-state index < -0.39 is 6.10 Å². The molecule has 2 aromatic carbocycles. The zero-order valence-electron chi connectivity index (χ0n) is 10.7. The molecule has 1 unspecified atom stereocenters. The van der Waals surface area contributed by atoms with E-state index in [1.165, 1.54) is 0 Å². The predicted octanol–water partition coefficient (Wildman–Crippen LogP) is 4.34. The average Bonchev–Trinajstić information content (AvgIpc) is 2.40. The maximum atomic E-state index is 10.5. The largest absolute Gasteiger partial charge is 0.497 e. The lowest BCUT2D eigenvalue weighted by Gasteiger charge is -2.16. The maximum absolute atomic E-state index is 10.5. The van der Waals surface area contributed by atoms with Crippen LogP contribution in [0.25, 0.3) is 0 Å². The second kappa shape index (κ2) is 6.11. The van der Waals surface area contributed by atoms with Crippen LogP contribution in [0.4, 0.5) is 0 Å². The van der Waals surface area contributed by atoms with Gasteiger partial charge in [-0.05, 0) is 76.5 Å². The Morgan fingerprint density at radius 1 is 1.16 bits per heavy atom. The van der Waals surface area contributed by atoms with Crippen LogP contribution in [0.5, 0.6) is 5.75 Å². The summed E-state index contributed by atoms with van der Waals surface area (Å²) in [6.45, 7) is 1.96. The number of aliphatic hydroxyl groups excluding tert-OH is 1. The fourth-order valence-electron chi connectivity index (χ4n) is 1.97. The summed E-state index contributed by atoms with van der Waals surface area (Å²) in [5, 5.41) is 11.2. The van der Waals surface area contributed by atoms with Crippen LogP contribution in [-0.4, -0.2) is 12.2 Å². The average molecular weight is 389 g/mol. The fourth-order valence-corrected chi connectivity index (χ4v) is 2.78. The molecule has 2 nitrogen and oxygen atoms in total. The topological polar surface area (TPSA) is 29.5 Å². The van der Waals surface area contributed by atoms with Crippen LogP contribution in [0.3, 0.4) is 0 Å². The minimum Gasteiger partial charge on any atom is -0.497 e. The van der Waals surface area contributed by atoms with Crippen LogP contribution < -0.4 is 4.74 Å². The van der Waals surface area contributed by atoms with Crippen molar-refractivity contribution in [2.24, 2.45) is 0 Å². The third-order valence-electron chi connectivity index (χ3n) is 3.02. The van der Waals surface area contributed by atoms with E-state index in [-0.39, 0.29) is 0 Å². The number of hydrogen-bond acceptors (Lipinski definition) is 2. The first-order chi connectivity index (χ1) is 9.02. The molecule has 0 saturated carbocycles. The summed E-state index contributed by atoms with van der Waals surface area (Å²) in [4.78, 5) is 0. The van der Waals surface area contributed by atoms with Crippen LogP contribution >= 0.6 is 34.2 Å². The lowest BCUT2D eigenvalue weighted by atomic mass is 9.97. The third kappa shape index (κ3) is 3.22. The standard InChI is InChI=1S/C15H14ClIO2/c1-9-7-11(19-2)4-5-12(9)15(18)13-8-10(16)3-6-14(13)17/h3-8,15,18H,1-2H3. The summed E-state index contributed by atoms with van der Waals surface area (Å²) < 4.78 is 6.16. The third-order valence-corrected chi connectivity index (χ3v) is 4.24. The zero-order valence-corrected chi connectivity index (χ0v) is 13.6. The summed E-state index contributed by atoms with van der Waals surface area (Å²) >= 11 is 8.20.